The van der Waals surface area contributed by atoms with Crippen molar-refractivity contribution in [2.45, 2.75) is 19.3 Å². The Balaban J connectivity index is 2.14. The highest BCUT2D eigenvalue weighted by atomic mass is 15.1. The van der Waals surface area contributed by atoms with E-state index in [4.69, 9.17) is 0 Å². The fourth-order valence-corrected chi connectivity index (χ4v) is 1.93. The lowest BCUT2D eigenvalue weighted by Gasteiger charge is -2.28. The fourth-order valence-electron chi connectivity index (χ4n) is 1.93. The Kier molecular flexibility index (Phi) is 1.82. The minimum Gasteiger partial charge on any atom is -0.302 e. The lowest BCUT2D eigenvalue weighted by molar-refractivity contribution is 0.342. The minimum absolute atomic E-state index is 1.21. The van der Waals surface area contributed by atoms with Gasteiger partial charge in [0.1, 0.15) is 0 Å². The van der Waals surface area contributed by atoms with Gasteiger partial charge in [0.05, 0.1) is 0 Å². The van der Waals surface area contributed by atoms with Crippen molar-refractivity contribution in [1.82, 2.24) is 4.90 Å². The predicted molar refractivity (Wildman–Crippen MR) is 47.5 cm³/mol. The zero-order valence-corrected chi connectivity index (χ0v) is 7.14. The van der Waals surface area contributed by atoms with E-state index in [1.165, 1.54) is 32.4 Å². The van der Waals surface area contributed by atoms with Crippen LogP contribution in [0.3, 0.4) is 0 Å². The molecule has 0 atom stereocenters. The van der Waals surface area contributed by atoms with Crippen LogP contribution in [-0.2, 0) is 0 Å². The summed E-state index contributed by atoms with van der Waals surface area (Å²) in [5.74, 6) is 0. The van der Waals surface area contributed by atoms with Gasteiger partial charge in [-0.25, -0.2) is 0 Å². The fraction of sp³-hybridized carbons (Fsp3) is 0.600. The maximum atomic E-state index is 2.41. The molecule has 2 aliphatic rings. The second kappa shape index (κ2) is 2.82. The number of rotatable bonds is 0. The molecule has 11 heavy (non-hydrogen) atoms. The Labute approximate surface area is 68.4 Å². The normalized spacial score (nSPS) is 25.5. The second-order valence-electron chi connectivity index (χ2n) is 3.57. The quantitative estimate of drug-likeness (QED) is 0.476. The third kappa shape index (κ3) is 1.38. The van der Waals surface area contributed by atoms with Crippen LogP contribution in [0, 0.1) is 0 Å². The Morgan fingerprint density at radius 3 is 2.73 bits per heavy atom. The SMILES string of the molecule is CN1CCC2=C(CC=CC2)C1. The Morgan fingerprint density at radius 1 is 1.18 bits per heavy atom. The molecule has 0 unspecified atom stereocenters. The van der Waals surface area contributed by atoms with Crippen LogP contribution in [-0.4, -0.2) is 25.0 Å². The maximum absolute atomic E-state index is 2.41. The molecule has 60 valence electrons. The average molecular weight is 149 g/mol. The molecule has 2 rings (SSSR count). The van der Waals surface area contributed by atoms with E-state index in [-0.39, 0.29) is 0 Å². The molecule has 1 heteroatoms. The summed E-state index contributed by atoms with van der Waals surface area (Å²) in [6.45, 7) is 2.46. The molecule has 0 aromatic rings. The first-order valence-electron chi connectivity index (χ1n) is 4.39. The van der Waals surface area contributed by atoms with Crippen LogP contribution < -0.4 is 0 Å². The molecule has 0 aromatic heterocycles. The van der Waals surface area contributed by atoms with Crippen molar-refractivity contribution >= 4 is 0 Å². The van der Waals surface area contributed by atoms with Crippen LogP contribution in [0.4, 0.5) is 0 Å². The van der Waals surface area contributed by atoms with Gasteiger partial charge in [0.25, 0.3) is 0 Å². The zero-order valence-electron chi connectivity index (χ0n) is 7.14. The largest absolute Gasteiger partial charge is 0.302 e. The average Bonchev–Trinajstić information content (AvgIpc) is 2.04. The summed E-state index contributed by atoms with van der Waals surface area (Å²) in [5.41, 5.74) is 3.40. The highest BCUT2D eigenvalue weighted by molar-refractivity contribution is 5.27. The third-order valence-corrected chi connectivity index (χ3v) is 2.65. The van der Waals surface area contributed by atoms with E-state index < -0.39 is 0 Å². The molecule has 0 N–H and O–H groups in total. The van der Waals surface area contributed by atoms with Gasteiger partial charge in [0.2, 0.25) is 0 Å². The van der Waals surface area contributed by atoms with Crippen LogP contribution >= 0.6 is 0 Å². The van der Waals surface area contributed by atoms with E-state index in [1.807, 2.05) is 0 Å². The summed E-state index contributed by atoms with van der Waals surface area (Å²) < 4.78 is 0. The number of hydrogen-bond acceptors (Lipinski definition) is 1. The summed E-state index contributed by atoms with van der Waals surface area (Å²) in [6, 6.07) is 0. The minimum atomic E-state index is 1.21. The van der Waals surface area contributed by atoms with Gasteiger partial charge < -0.3 is 4.90 Å². The van der Waals surface area contributed by atoms with Crippen molar-refractivity contribution < 1.29 is 0 Å². The van der Waals surface area contributed by atoms with E-state index in [0.717, 1.165) is 0 Å². The van der Waals surface area contributed by atoms with Gasteiger partial charge in [-0.2, -0.15) is 0 Å². The standard InChI is InChI=1S/C10H15N/c1-11-7-6-9-4-2-3-5-10(9)8-11/h2-3H,4-8H2,1H3. The first-order chi connectivity index (χ1) is 5.36. The van der Waals surface area contributed by atoms with Crippen LogP contribution in [0.1, 0.15) is 19.3 Å². The van der Waals surface area contributed by atoms with Gasteiger partial charge >= 0.3 is 0 Å². The number of allylic oxidation sites excluding steroid dienone is 2. The molecule has 0 amide bonds. The molecule has 0 aromatic carbocycles. The molecule has 0 saturated carbocycles. The molecular formula is C10H15N. The van der Waals surface area contributed by atoms with Crippen LogP contribution in [0.5, 0.6) is 0 Å². The zero-order chi connectivity index (χ0) is 7.68. The van der Waals surface area contributed by atoms with Gasteiger partial charge in [-0.1, -0.05) is 23.3 Å². The van der Waals surface area contributed by atoms with Crippen molar-refractivity contribution in [1.29, 1.82) is 0 Å². The molecule has 0 radical (unpaired) electrons. The molecule has 0 bridgehead atoms. The first-order valence-corrected chi connectivity index (χ1v) is 4.39. The number of likely N-dealkylation sites (N-methyl/N-ethyl adjacent to an activating group) is 1. The molecule has 1 nitrogen and oxygen atoms in total. The lowest BCUT2D eigenvalue weighted by atomic mass is 9.91. The van der Waals surface area contributed by atoms with E-state index in [0.29, 0.717) is 0 Å². The van der Waals surface area contributed by atoms with Crippen LogP contribution in [0.25, 0.3) is 0 Å². The molecule has 1 heterocycles. The van der Waals surface area contributed by atoms with Crippen molar-refractivity contribution in [3.05, 3.63) is 23.3 Å². The number of hydrogen-bond donors (Lipinski definition) is 0. The Bertz CT molecular complexity index is 213. The first kappa shape index (κ1) is 7.11. The summed E-state index contributed by atoms with van der Waals surface area (Å²) in [6.07, 6.45) is 8.35. The predicted octanol–water partition coefficient (Wildman–Crippen LogP) is 1.97. The summed E-state index contributed by atoms with van der Waals surface area (Å²) in [7, 11) is 2.21. The number of nitrogens with zero attached hydrogens (tertiary/aromatic N) is 1. The van der Waals surface area contributed by atoms with Gasteiger partial charge in [-0.3, -0.25) is 0 Å². The highest BCUT2D eigenvalue weighted by Gasteiger charge is 2.15. The molecule has 0 spiro atoms. The van der Waals surface area contributed by atoms with E-state index in [2.05, 4.69) is 24.1 Å². The summed E-state index contributed by atoms with van der Waals surface area (Å²) in [4.78, 5) is 2.41. The maximum Gasteiger partial charge on any atom is 0.0195 e. The Morgan fingerprint density at radius 2 is 1.91 bits per heavy atom. The van der Waals surface area contributed by atoms with Crippen LogP contribution in [0.15, 0.2) is 23.3 Å². The van der Waals surface area contributed by atoms with Gasteiger partial charge in [0.15, 0.2) is 0 Å². The van der Waals surface area contributed by atoms with Gasteiger partial charge in [0, 0.05) is 13.1 Å². The topological polar surface area (TPSA) is 3.24 Å². The molecule has 0 fully saturated rings. The second-order valence-corrected chi connectivity index (χ2v) is 3.57. The molecule has 0 saturated heterocycles. The van der Waals surface area contributed by atoms with Crippen LogP contribution in [0.2, 0.25) is 0 Å². The summed E-state index contributed by atoms with van der Waals surface area (Å²) in [5, 5.41) is 0. The van der Waals surface area contributed by atoms with Crippen molar-refractivity contribution in [2.75, 3.05) is 20.1 Å². The molecule has 1 aliphatic heterocycles. The third-order valence-electron chi connectivity index (χ3n) is 2.65. The van der Waals surface area contributed by atoms with E-state index in [9.17, 15) is 0 Å². The summed E-state index contributed by atoms with van der Waals surface area (Å²) >= 11 is 0. The molecule has 1 aliphatic carbocycles. The van der Waals surface area contributed by atoms with Gasteiger partial charge in [-0.15, -0.1) is 0 Å². The smallest absolute Gasteiger partial charge is 0.0195 e. The van der Waals surface area contributed by atoms with Crippen molar-refractivity contribution in [3.63, 3.8) is 0 Å². The molecular weight excluding hydrogens is 134 g/mol. The van der Waals surface area contributed by atoms with Crippen molar-refractivity contribution in [2.24, 2.45) is 0 Å². The lowest BCUT2D eigenvalue weighted by Crippen LogP contribution is -2.28. The highest BCUT2D eigenvalue weighted by Crippen LogP contribution is 2.26. The van der Waals surface area contributed by atoms with E-state index in [1.54, 1.807) is 11.1 Å². The monoisotopic (exact) mass is 149 g/mol. The van der Waals surface area contributed by atoms with Gasteiger partial charge in [-0.05, 0) is 26.3 Å². The van der Waals surface area contributed by atoms with E-state index >= 15 is 0 Å². The van der Waals surface area contributed by atoms with Crippen molar-refractivity contribution in [3.8, 4) is 0 Å². The Hall–Kier alpha value is -0.560.